The highest BCUT2D eigenvalue weighted by molar-refractivity contribution is 5.68. The second-order valence-electron chi connectivity index (χ2n) is 5.14. The van der Waals surface area contributed by atoms with Gasteiger partial charge < -0.3 is 9.57 Å². The fourth-order valence-electron chi connectivity index (χ4n) is 2.25. The SMILES string of the molecule is c1ccc(Oc2ccc(COn3nnc4cccnc43)cc2)cc1. The van der Waals surface area contributed by atoms with Gasteiger partial charge in [0.1, 0.15) is 23.6 Å². The third-order valence-corrected chi connectivity index (χ3v) is 3.44. The van der Waals surface area contributed by atoms with Gasteiger partial charge in [0.05, 0.1) is 0 Å². The Kier molecular flexibility index (Phi) is 3.77. The van der Waals surface area contributed by atoms with E-state index in [-0.39, 0.29) is 0 Å². The van der Waals surface area contributed by atoms with E-state index in [1.165, 1.54) is 4.85 Å². The van der Waals surface area contributed by atoms with Crippen molar-refractivity contribution in [3.05, 3.63) is 78.5 Å². The molecule has 0 aliphatic rings. The van der Waals surface area contributed by atoms with Crippen LogP contribution in [0, 0.1) is 0 Å². The van der Waals surface area contributed by atoms with Crippen molar-refractivity contribution in [2.24, 2.45) is 0 Å². The Morgan fingerprint density at radius 2 is 1.62 bits per heavy atom. The second-order valence-corrected chi connectivity index (χ2v) is 5.14. The number of para-hydroxylation sites is 1. The van der Waals surface area contributed by atoms with Gasteiger partial charge >= 0.3 is 0 Å². The molecule has 2 aromatic heterocycles. The summed E-state index contributed by atoms with van der Waals surface area (Å²) in [4.78, 5) is 11.2. The van der Waals surface area contributed by atoms with Crippen molar-refractivity contribution in [1.29, 1.82) is 0 Å². The Hall–Kier alpha value is -3.41. The van der Waals surface area contributed by atoms with E-state index < -0.39 is 0 Å². The highest BCUT2D eigenvalue weighted by atomic mass is 16.7. The molecule has 118 valence electrons. The molecule has 0 amide bonds. The van der Waals surface area contributed by atoms with E-state index in [9.17, 15) is 0 Å². The highest BCUT2D eigenvalue weighted by Gasteiger charge is 2.06. The molecule has 0 fully saturated rings. The molecular weight excluding hydrogens is 304 g/mol. The first-order valence-corrected chi connectivity index (χ1v) is 7.50. The number of benzene rings is 2. The van der Waals surface area contributed by atoms with Gasteiger partial charge in [0.2, 0.25) is 5.65 Å². The standard InChI is InChI=1S/C18H14N4O2/c1-2-5-15(6-3-1)24-16-10-8-14(9-11-16)13-23-22-18-17(20-21-22)7-4-12-19-18/h1-12H,13H2. The number of hydrogen-bond donors (Lipinski definition) is 0. The number of fused-ring (bicyclic) bond motifs is 1. The van der Waals surface area contributed by atoms with Gasteiger partial charge in [-0.05, 0) is 47.2 Å². The molecule has 0 N–H and O–H groups in total. The molecule has 0 aliphatic carbocycles. The van der Waals surface area contributed by atoms with Crippen LogP contribution in [0.15, 0.2) is 72.9 Å². The van der Waals surface area contributed by atoms with Crippen LogP contribution in [0.25, 0.3) is 11.2 Å². The third-order valence-electron chi connectivity index (χ3n) is 3.44. The molecular formula is C18H14N4O2. The maximum absolute atomic E-state index is 5.76. The molecule has 0 atom stereocenters. The Balaban J connectivity index is 1.42. The third kappa shape index (κ3) is 3.03. The van der Waals surface area contributed by atoms with Crippen LogP contribution in [0.1, 0.15) is 5.56 Å². The van der Waals surface area contributed by atoms with Crippen molar-refractivity contribution >= 4 is 11.2 Å². The van der Waals surface area contributed by atoms with Crippen LogP contribution in [-0.2, 0) is 6.61 Å². The predicted octanol–water partition coefficient (Wildman–Crippen LogP) is 3.25. The molecule has 0 aliphatic heterocycles. The lowest BCUT2D eigenvalue weighted by molar-refractivity contribution is 0.0739. The zero-order valence-corrected chi connectivity index (χ0v) is 12.7. The Labute approximate surface area is 138 Å². The van der Waals surface area contributed by atoms with Gasteiger partial charge in [0.25, 0.3) is 0 Å². The summed E-state index contributed by atoms with van der Waals surface area (Å²) in [5.41, 5.74) is 2.29. The van der Waals surface area contributed by atoms with E-state index in [4.69, 9.17) is 9.57 Å². The van der Waals surface area contributed by atoms with Crippen molar-refractivity contribution in [1.82, 2.24) is 20.1 Å². The summed E-state index contributed by atoms with van der Waals surface area (Å²) >= 11 is 0. The number of pyridine rings is 1. The van der Waals surface area contributed by atoms with Gasteiger partial charge in [-0.25, -0.2) is 4.98 Å². The van der Waals surface area contributed by atoms with Crippen molar-refractivity contribution in [2.45, 2.75) is 6.61 Å². The van der Waals surface area contributed by atoms with Gasteiger partial charge in [0, 0.05) is 6.20 Å². The molecule has 0 radical (unpaired) electrons. The van der Waals surface area contributed by atoms with Crippen LogP contribution in [0.5, 0.6) is 11.5 Å². The molecule has 0 spiro atoms. The van der Waals surface area contributed by atoms with Crippen LogP contribution in [0.4, 0.5) is 0 Å². The Bertz CT molecular complexity index is 936. The molecule has 4 aromatic rings. The smallest absolute Gasteiger partial charge is 0.219 e. The van der Waals surface area contributed by atoms with Crippen LogP contribution in [-0.4, -0.2) is 20.1 Å². The van der Waals surface area contributed by atoms with Crippen molar-refractivity contribution in [3.8, 4) is 11.5 Å². The van der Waals surface area contributed by atoms with Crippen molar-refractivity contribution < 1.29 is 9.57 Å². The average molecular weight is 318 g/mol. The topological polar surface area (TPSA) is 62.1 Å². The van der Waals surface area contributed by atoms with Crippen LogP contribution in [0.3, 0.4) is 0 Å². The minimum absolute atomic E-state index is 0.362. The second kappa shape index (κ2) is 6.37. The molecule has 0 bridgehead atoms. The van der Waals surface area contributed by atoms with Gasteiger partial charge in [-0.15, -0.1) is 5.10 Å². The summed E-state index contributed by atoms with van der Waals surface area (Å²) in [6.45, 7) is 0.362. The van der Waals surface area contributed by atoms with E-state index in [0.717, 1.165) is 17.1 Å². The van der Waals surface area contributed by atoms with E-state index in [1.807, 2.05) is 66.7 Å². The lowest BCUT2D eigenvalue weighted by Crippen LogP contribution is -2.13. The monoisotopic (exact) mass is 318 g/mol. The van der Waals surface area contributed by atoms with Crippen LogP contribution < -0.4 is 9.57 Å². The zero-order chi connectivity index (χ0) is 16.2. The van der Waals surface area contributed by atoms with Crippen molar-refractivity contribution in [3.63, 3.8) is 0 Å². The number of nitrogens with zero attached hydrogens (tertiary/aromatic N) is 4. The first-order chi connectivity index (χ1) is 11.9. The Morgan fingerprint density at radius 3 is 2.46 bits per heavy atom. The molecule has 2 heterocycles. The molecule has 2 aromatic carbocycles. The fraction of sp³-hybridized carbons (Fsp3) is 0.0556. The summed E-state index contributed by atoms with van der Waals surface area (Å²) in [5, 5.41) is 7.94. The minimum atomic E-state index is 0.362. The molecule has 4 rings (SSSR count). The zero-order valence-electron chi connectivity index (χ0n) is 12.7. The molecule has 0 saturated heterocycles. The molecule has 6 heteroatoms. The number of rotatable bonds is 5. The van der Waals surface area contributed by atoms with E-state index >= 15 is 0 Å². The quantitative estimate of drug-likeness (QED) is 0.565. The highest BCUT2D eigenvalue weighted by Crippen LogP contribution is 2.21. The van der Waals surface area contributed by atoms with Gasteiger partial charge in [0.15, 0.2) is 0 Å². The largest absolute Gasteiger partial charge is 0.457 e. The van der Waals surface area contributed by atoms with Gasteiger partial charge in [-0.1, -0.05) is 35.2 Å². The Morgan fingerprint density at radius 1 is 0.833 bits per heavy atom. The minimum Gasteiger partial charge on any atom is -0.457 e. The molecule has 0 saturated carbocycles. The average Bonchev–Trinajstić information content (AvgIpc) is 3.05. The number of ether oxygens (including phenoxy) is 1. The van der Waals surface area contributed by atoms with Crippen molar-refractivity contribution in [2.75, 3.05) is 0 Å². The number of hydrogen-bond acceptors (Lipinski definition) is 5. The van der Waals surface area contributed by atoms with E-state index in [1.54, 1.807) is 6.20 Å². The summed E-state index contributed by atoms with van der Waals surface area (Å²) < 4.78 is 5.76. The van der Waals surface area contributed by atoms with Crippen LogP contribution in [0.2, 0.25) is 0 Å². The fourth-order valence-corrected chi connectivity index (χ4v) is 2.25. The lowest BCUT2D eigenvalue weighted by atomic mass is 10.2. The van der Waals surface area contributed by atoms with Gasteiger partial charge in [-0.2, -0.15) is 0 Å². The van der Waals surface area contributed by atoms with E-state index in [2.05, 4.69) is 15.3 Å². The molecule has 0 unspecified atom stereocenters. The normalized spacial score (nSPS) is 10.7. The van der Waals surface area contributed by atoms with E-state index in [0.29, 0.717) is 17.8 Å². The maximum Gasteiger partial charge on any atom is 0.219 e. The summed E-state index contributed by atoms with van der Waals surface area (Å²) in [6.07, 6.45) is 1.68. The first kappa shape index (κ1) is 14.2. The summed E-state index contributed by atoms with van der Waals surface area (Å²) in [5.74, 6) is 1.58. The molecule has 24 heavy (non-hydrogen) atoms. The summed E-state index contributed by atoms with van der Waals surface area (Å²) in [7, 11) is 0. The lowest BCUT2D eigenvalue weighted by Gasteiger charge is -2.07. The first-order valence-electron chi connectivity index (χ1n) is 7.50. The van der Waals surface area contributed by atoms with Crippen LogP contribution >= 0.6 is 0 Å². The summed E-state index contributed by atoms with van der Waals surface area (Å²) in [6, 6.07) is 21.0. The molecule has 6 nitrogen and oxygen atoms in total. The van der Waals surface area contributed by atoms with Gasteiger partial charge in [-0.3, -0.25) is 0 Å². The maximum atomic E-state index is 5.76. The predicted molar refractivity (Wildman–Crippen MR) is 88.6 cm³/mol. The number of aromatic nitrogens is 4.